The molecule has 0 radical (unpaired) electrons. The van der Waals surface area contributed by atoms with Crippen LogP contribution in [0.2, 0.25) is 0 Å². The van der Waals surface area contributed by atoms with Crippen molar-refractivity contribution >= 4 is 22.8 Å². The maximum Gasteiger partial charge on any atom is 0.318 e. The maximum absolute atomic E-state index is 13.0. The van der Waals surface area contributed by atoms with E-state index in [1.807, 2.05) is 0 Å². The smallest absolute Gasteiger partial charge is 0.318 e. The van der Waals surface area contributed by atoms with Crippen molar-refractivity contribution in [3.63, 3.8) is 0 Å². The van der Waals surface area contributed by atoms with Crippen molar-refractivity contribution < 1.29 is 27.5 Å². The molecule has 0 amide bonds. The molecule has 0 saturated carbocycles. The van der Waals surface area contributed by atoms with E-state index in [-0.39, 0.29) is 23.7 Å². The van der Waals surface area contributed by atoms with Crippen molar-refractivity contribution in [2.45, 2.75) is 18.6 Å². The Morgan fingerprint density at radius 3 is 2.79 bits per heavy atom. The number of ketones is 1. The molecule has 0 bridgehead atoms. The lowest BCUT2D eigenvalue weighted by atomic mass is 10.1. The van der Waals surface area contributed by atoms with E-state index in [0.717, 1.165) is 6.07 Å². The van der Waals surface area contributed by atoms with Gasteiger partial charge in [-0.3, -0.25) is 13.8 Å². The number of esters is 1. The van der Waals surface area contributed by atoms with Crippen molar-refractivity contribution in [2.24, 2.45) is 0 Å². The molecule has 2 rings (SSSR count). The molecule has 0 fully saturated rings. The van der Waals surface area contributed by atoms with Crippen molar-refractivity contribution in [3.8, 4) is 5.75 Å². The molecule has 1 aromatic carbocycles. The third kappa shape index (κ3) is 5.94. The Kier molecular flexibility index (Phi) is 6.21. The quantitative estimate of drug-likeness (QED) is 0.318. The fourth-order valence-corrected chi connectivity index (χ4v) is 2.19. The number of nitrogens with zero attached hydrogens (tertiary/aromatic N) is 2. The first-order chi connectivity index (χ1) is 11.4. The van der Waals surface area contributed by atoms with E-state index in [4.69, 9.17) is 4.74 Å². The molecule has 7 nitrogen and oxygen atoms in total. The van der Waals surface area contributed by atoms with Gasteiger partial charge in [-0.05, 0) is 29.3 Å². The van der Waals surface area contributed by atoms with E-state index in [2.05, 4.69) is 9.97 Å². The number of Topliss-reactive ketones (excluding diaryl/α,β-unsaturated/α-hetero) is 1. The topological polar surface area (TPSA) is 109 Å². The standard InChI is InChI=1S/C15H13FN2O5S/c16-10-2-1-3-13(6-10)23-15(20)8-12(19)7-11-4-5-17-14(18-11)9-24(21)22/h1-6H,7-9H2,(H,21,22)/p-1. The molecule has 1 atom stereocenters. The molecular formula is C15H12FN2O5S-. The summed E-state index contributed by atoms with van der Waals surface area (Å²) in [6.07, 6.45) is 0.658. The van der Waals surface area contributed by atoms with Crippen LogP contribution in [-0.2, 0) is 32.8 Å². The highest BCUT2D eigenvalue weighted by atomic mass is 32.2. The van der Waals surface area contributed by atoms with Gasteiger partial charge in [-0.1, -0.05) is 6.07 Å². The Morgan fingerprint density at radius 2 is 2.08 bits per heavy atom. The molecule has 0 saturated heterocycles. The van der Waals surface area contributed by atoms with Crippen LogP contribution in [0.1, 0.15) is 17.9 Å². The number of ether oxygens (including phenoxy) is 1. The van der Waals surface area contributed by atoms with E-state index in [9.17, 15) is 22.7 Å². The highest BCUT2D eigenvalue weighted by Gasteiger charge is 2.14. The van der Waals surface area contributed by atoms with Crippen LogP contribution in [0.15, 0.2) is 36.5 Å². The minimum atomic E-state index is -2.34. The average molecular weight is 351 g/mol. The highest BCUT2D eigenvalue weighted by molar-refractivity contribution is 7.78. The normalized spacial score (nSPS) is 11.8. The zero-order valence-corrected chi connectivity index (χ0v) is 13.1. The summed E-state index contributed by atoms with van der Waals surface area (Å²) in [4.78, 5) is 31.2. The van der Waals surface area contributed by atoms with Gasteiger partial charge in [0.15, 0.2) is 0 Å². The van der Waals surface area contributed by atoms with Crippen LogP contribution in [0.5, 0.6) is 5.75 Å². The molecule has 0 aliphatic rings. The summed E-state index contributed by atoms with van der Waals surface area (Å²) in [5.74, 6) is -2.13. The van der Waals surface area contributed by atoms with Gasteiger partial charge in [0.05, 0.1) is 11.4 Å². The number of halogens is 1. The summed E-state index contributed by atoms with van der Waals surface area (Å²) >= 11 is -2.34. The second kappa shape index (κ2) is 8.37. The van der Waals surface area contributed by atoms with Crippen molar-refractivity contribution in [1.82, 2.24) is 9.97 Å². The van der Waals surface area contributed by atoms with E-state index in [0.29, 0.717) is 5.69 Å². The Bertz CT molecular complexity index is 784. The molecule has 1 aromatic heterocycles. The van der Waals surface area contributed by atoms with Crippen LogP contribution >= 0.6 is 0 Å². The van der Waals surface area contributed by atoms with Gasteiger partial charge in [0, 0.05) is 18.7 Å². The predicted molar refractivity (Wildman–Crippen MR) is 80.0 cm³/mol. The van der Waals surface area contributed by atoms with E-state index in [1.54, 1.807) is 0 Å². The summed E-state index contributed by atoms with van der Waals surface area (Å²) in [5.41, 5.74) is 0.300. The van der Waals surface area contributed by atoms with Gasteiger partial charge in [0.2, 0.25) is 0 Å². The molecule has 2 aromatic rings. The van der Waals surface area contributed by atoms with Crippen molar-refractivity contribution in [1.29, 1.82) is 0 Å². The number of aromatic nitrogens is 2. The number of hydrogen-bond donors (Lipinski definition) is 0. The van der Waals surface area contributed by atoms with Crippen LogP contribution in [0, 0.1) is 5.82 Å². The van der Waals surface area contributed by atoms with Crippen LogP contribution in [0.4, 0.5) is 4.39 Å². The molecule has 1 unspecified atom stereocenters. The Balaban J connectivity index is 1.90. The van der Waals surface area contributed by atoms with Crippen LogP contribution in [0.3, 0.4) is 0 Å². The maximum atomic E-state index is 13.0. The van der Waals surface area contributed by atoms with Crippen LogP contribution in [0.25, 0.3) is 0 Å². The Hall–Kier alpha value is -2.52. The SMILES string of the molecule is O=C(CC(=O)Oc1cccc(F)c1)Cc1ccnc(CS(=O)[O-])n1. The van der Waals surface area contributed by atoms with Gasteiger partial charge < -0.3 is 9.29 Å². The number of rotatable bonds is 7. The molecule has 0 N–H and O–H groups in total. The number of carbonyl (C=O) groups is 2. The fraction of sp³-hybridized carbons (Fsp3) is 0.200. The van der Waals surface area contributed by atoms with E-state index >= 15 is 0 Å². The lowest BCUT2D eigenvalue weighted by Crippen LogP contribution is -2.16. The van der Waals surface area contributed by atoms with Gasteiger partial charge in [-0.25, -0.2) is 14.4 Å². The number of carbonyl (C=O) groups excluding carboxylic acids is 2. The minimum Gasteiger partial charge on any atom is -0.772 e. The highest BCUT2D eigenvalue weighted by Crippen LogP contribution is 2.13. The zero-order chi connectivity index (χ0) is 17.5. The lowest BCUT2D eigenvalue weighted by Gasteiger charge is -2.06. The molecule has 0 aliphatic carbocycles. The number of benzene rings is 1. The largest absolute Gasteiger partial charge is 0.772 e. The first kappa shape index (κ1) is 17.8. The molecule has 24 heavy (non-hydrogen) atoms. The molecule has 1 heterocycles. The molecule has 9 heteroatoms. The van der Waals surface area contributed by atoms with Crippen LogP contribution < -0.4 is 4.74 Å². The van der Waals surface area contributed by atoms with E-state index in [1.165, 1.54) is 30.5 Å². The first-order valence-corrected chi connectivity index (χ1v) is 8.01. The first-order valence-electron chi connectivity index (χ1n) is 6.77. The average Bonchev–Trinajstić information content (AvgIpc) is 2.46. The monoisotopic (exact) mass is 351 g/mol. The predicted octanol–water partition coefficient (Wildman–Crippen LogP) is 1.10. The van der Waals surface area contributed by atoms with Gasteiger partial charge >= 0.3 is 5.97 Å². The Morgan fingerprint density at radius 1 is 1.29 bits per heavy atom. The second-order valence-corrected chi connectivity index (χ2v) is 5.63. The van der Waals surface area contributed by atoms with Gasteiger partial charge in [-0.2, -0.15) is 0 Å². The Labute approximate surface area is 139 Å². The summed E-state index contributed by atoms with van der Waals surface area (Å²) < 4.78 is 39.1. The van der Waals surface area contributed by atoms with E-state index < -0.39 is 35.1 Å². The summed E-state index contributed by atoms with van der Waals surface area (Å²) in [6, 6.07) is 6.45. The molecular weight excluding hydrogens is 339 g/mol. The lowest BCUT2D eigenvalue weighted by molar-refractivity contribution is -0.137. The third-order valence-corrected chi connectivity index (χ3v) is 3.25. The van der Waals surface area contributed by atoms with Gasteiger partial charge in [0.25, 0.3) is 0 Å². The van der Waals surface area contributed by atoms with Crippen LogP contribution in [-0.4, -0.2) is 30.5 Å². The van der Waals surface area contributed by atoms with Gasteiger partial charge in [0.1, 0.15) is 29.6 Å². The summed E-state index contributed by atoms with van der Waals surface area (Å²) in [6.45, 7) is 0. The zero-order valence-electron chi connectivity index (χ0n) is 12.3. The minimum absolute atomic E-state index is 0.00930. The molecule has 0 aliphatic heterocycles. The third-order valence-electron chi connectivity index (χ3n) is 2.76. The second-order valence-electron chi connectivity index (χ2n) is 4.74. The van der Waals surface area contributed by atoms with Crippen molar-refractivity contribution in [3.05, 3.63) is 53.9 Å². The number of hydrogen-bond acceptors (Lipinski definition) is 7. The fourth-order valence-electron chi connectivity index (χ4n) is 1.84. The molecule has 126 valence electrons. The van der Waals surface area contributed by atoms with Gasteiger partial charge in [-0.15, -0.1) is 0 Å². The molecule has 0 spiro atoms. The summed E-state index contributed by atoms with van der Waals surface area (Å²) in [5, 5.41) is 0. The summed E-state index contributed by atoms with van der Waals surface area (Å²) in [7, 11) is 0. The van der Waals surface area contributed by atoms with Crippen molar-refractivity contribution in [2.75, 3.05) is 0 Å².